The summed E-state index contributed by atoms with van der Waals surface area (Å²) in [6, 6.07) is 3.78. The van der Waals surface area contributed by atoms with Crippen molar-refractivity contribution in [2.45, 2.75) is 47.0 Å². The highest BCUT2D eigenvalue weighted by Gasteiger charge is 2.29. The Labute approximate surface area is 178 Å². The molecular formula is C24H31N3O3. The number of ether oxygens (including phenoxy) is 1. The topological polar surface area (TPSA) is 75.6 Å². The molecule has 6 nitrogen and oxygen atoms in total. The van der Waals surface area contributed by atoms with Crippen LogP contribution in [-0.4, -0.2) is 40.7 Å². The van der Waals surface area contributed by atoms with Crippen molar-refractivity contribution in [3.05, 3.63) is 47.9 Å². The van der Waals surface area contributed by atoms with Crippen LogP contribution in [0, 0.1) is 12.3 Å². The maximum Gasteiger partial charge on any atom is 0.307 e. The lowest BCUT2D eigenvalue weighted by Gasteiger charge is -2.40. The van der Waals surface area contributed by atoms with Gasteiger partial charge >= 0.3 is 5.97 Å². The first-order valence-electron chi connectivity index (χ1n) is 10.3. The highest BCUT2D eigenvalue weighted by atomic mass is 16.5. The summed E-state index contributed by atoms with van der Waals surface area (Å²) < 4.78 is 5.66. The van der Waals surface area contributed by atoms with E-state index in [4.69, 9.17) is 4.74 Å². The lowest BCUT2D eigenvalue weighted by molar-refractivity contribution is -0.136. The van der Waals surface area contributed by atoms with Gasteiger partial charge in [0.15, 0.2) is 0 Å². The van der Waals surface area contributed by atoms with Gasteiger partial charge in [-0.3, -0.25) is 14.8 Å². The van der Waals surface area contributed by atoms with E-state index in [0.29, 0.717) is 17.8 Å². The number of carbonyl (C=O) groups is 1. The number of anilines is 1. The van der Waals surface area contributed by atoms with Gasteiger partial charge in [-0.25, -0.2) is 0 Å². The van der Waals surface area contributed by atoms with Crippen molar-refractivity contribution < 1.29 is 14.6 Å². The second-order valence-corrected chi connectivity index (χ2v) is 8.93. The minimum atomic E-state index is -0.854. The number of nitrogens with zero attached hydrogens (tertiary/aromatic N) is 3. The number of carboxylic acid groups (broad SMARTS) is 1. The normalized spacial score (nSPS) is 15.7. The second-order valence-electron chi connectivity index (χ2n) is 8.93. The third-order valence-electron chi connectivity index (χ3n) is 5.62. The molecule has 0 aromatic carbocycles. The molecule has 0 amide bonds. The van der Waals surface area contributed by atoms with Gasteiger partial charge in [0.25, 0.3) is 0 Å². The number of carboxylic acids is 1. The SMILES string of the molecule is C=C(C)COc1ccc(-c2cnc(C)c(CC(=O)O)c2N2CCC(C)(C)CC2)nc1. The maximum absolute atomic E-state index is 11.6. The third kappa shape index (κ3) is 5.17. The number of piperidine rings is 1. The summed E-state index contributed by atoms with van der Waals surface area (Å²) in [4.78, 5) is 23.0. The molecular weight excluding hydrogens is 378 g/mol. The van der Waals surface area contributed by atoms with Crippen LogP contribution in [0.15, 0.2) is 36.7 Å². The summed E-state index contributed by atoms with van der Waals surface area (Å²) >= 11 is 0. The standard InChI is InChI=1S/C24H31N3O3/c1-16(2)15-30-18-6-7-21(26-13-18)20-14-25-17(3)19(12-22(28)29)23(20)27-10-8-24(4,5)9-11-27/h6-7,13-14H,1,8-12,15H2,2-5H3,(H,28,29). The monoisotopic (exact) mass is 409 g/mol. The highest BCUT2D eigenvalue weighted by Crippen LogP contribution is 2.39. The van der Waals surface area contributed by atoms with Gasteiger partial charge in [0.1, 0.15) is 12.4 Å². The van der Waals surface area contributed by atoms with Crippen LogP contribution in [-0.2, 0) is 11.2 Å². The van der Waals surface area contributed by atoms with Crippen molar-refractivity contribution in [3.8, 4) is 17.0 Å². The molecule has 3 heterocycles. The minimum Gasteiger partial charge on any atom is -0.488 e. The Bertz CT molecular complexity index is 925. The van der Waals surface area contributed by atoms with Crippen LogP contribution in [0.5, 0.6) is 5.75 Å². The van der Waals surface area contributed by atoms with Crippen molar-refractivity contribution in [1.82, 2.24) is 9.97 Å². The van der Waals surface area contributed by atoms with E-state index < -0.39 is 5.97 Å². The predicted octanol–water partition coefficient (Wildman–Crippen LogP) is 4.66. The summed E-state index contributed by atoms with van der Waals surface area (Å²) in [5.74, 6) is -0.180. The fourth-order valence-electron chi connectivity index (χ4n) is 3.71. The smallest absolute Gasteiger partial charge is 0.307 e. The lowest BCUT2D eigenvalue weighted by Crippen LogP contribution is -2.38. The molecule has 6 heteroatoms. The molecule has 1 N–H and O–H groups in total. The number of aromatic nitrogens is 2. The van der Waals surface area contributed by atoms with Crippen molar-refractivity contribution in [2.24, 2.45) is 5.41 Å². The van der Waals surface area contributed by atoms with Crippen molar-refractivity contribution >= 4 is 11.7 Å². The van der Waals surface area contributed by atoms with E-state index in [1.54, 1.807) is 6.20 Å². The number of hydrogen-bond acceptors (Lipinski definition) is 5. The van der Waals surface area contributed by atoms with Crippen molar-refractivity contribution in [3.63, 3.8) is 0 Å². The zero-order valence-electron chi connectivity index (χ0n) is 18.4. The van der Waals surface area contributed by atoms with Crippen LogP contribution < -0.4 is 9.64 Å². The Morgan fingerprint density at radius 1 is 1.23 bits per heavy atom. The summed E-state index contributed by atoms with van der Waals surface area (Å²) in [7, 11) is 0. The molecule has 1 aliphatic heterocycles. The average Bonchev–Trinajstić information content (AvgIpc) is 2.68. The second kappa shape index (κ2) is 8.86. The Balaban J connectivity index is 2.01. The van der Waals surface area contributed by atoms with Gasteiger partial charge in [0, 0.05) is 36.1 Å². The first kappa shape index (κ1) is 21.8. The minimum absolute atomic E-state index is 0.0539. The van der Waals surface area contributed by atoms with E-state index in [1.165, 1.54) is 0 Å². The highest BCUT2D eigenvalue weighted by molar-refractivity contribution is 5.83. The van der Waals surface area contributed by atoms with Gasteiger partial charge in [0.05, 0.1) is 24.0 Å². The number of aryl methyl sites for hydroxylation is 1. The molecule has 0 unspecified atom stereocenters. The molecule has 0 saturated carbocycles. The molecule has 0 aliphatic carbocycles. The molecule has 1 aliphatic rings. The summed E-state index contributed by atoms with van der Waals surface area (Å²) in [5, 5.41) is 9.51. The van der Waals surface area contributed by atoms with Gasteiger partial charge in [-0.05, 0) is 49.8 Å². The third-order valence-corrected chi connectivity index (χ3v) is 5.62. The Morgan fingerprint density at radius 3 is 2.50 bits per heavy atom. The van der Waals surface area contributed by atoms with Crippen LogP contribution in [0.25, 0.3) is 11.3 Å². The maximum atomic E-state index is 11.6. The largest absolute Gasteiger partial charge is 0.488 e. The van der Waals surface area contributed by atoms with E-state index in [0.717, 1.165) is 59.7 Å². The molecule has 160 valence electrons. The summed E-state index contributed by atoms with van der Waals surface area (Å²) in [6.07, 6.45) is 5.56. The fourth-order valence-corrected chi connectivity index (χ4v) is 3.71. The first-order chi connectivity index (χ1) is 14.2. The van der Waals surface area contributed by atoms with Gasteiger partial charge < -0.3 is 14.7 Å². The Morgan fingerprint density at radius 2 is 1.93 bits per heavy atom. The van der Waals surface area contributed by atoms with Gasteiger partial charge in [-0.2, -0.15) is 0 Å². The van der Waals surface area contributed by atoms with Crippen LogP contribution in [0.3, 0.4) is 0 Å². The molecule has 0 radical (unpaired) electrons. The van der Waals surface area contributed by atoms with Crippen LogP contribution in [0.2, 0.25) is 0 Å². The van der Waals surface area contributed by atoms with Crippen LogP contribution >= 0.6 is 0 Å². The molecule has 3 rings (SSSR count). The van der Waals surface area contributed by atoms with Crippen LogP contribution in [0.1, 0.15) is 44.9 Å². The molecule has 1 saturated heterocycles. The predicted molar refractivity (Wildman–Crippen MR) is 119 cm³/mol. The molecule has 0 atom stereocenters. The van der Waals surface area contributed by atoms with Crippen molar-refractivity contribution in [1.29, 1.82) is 0 Å². The fraction of sp³-hybridized carbons (Fsp3) is 0.458. The van der Waals surface area contributed by atoms with E-state index in [1.807, 2.05) is 32.2 Å². The summed E-state index contributed by atoms with van der Waals surface area (Å²) in [6.45, 7) is 14.4. The van der Waals surface area contributed by atoms with E-state index in [-0.39, 0.29) is 6.42 Å². The van der Waals surface area contributed by atoms with E-state index in [2.05, 4.69) is 35.3 Å². The van der Waals surface area contributed by atoms with Gasteiger partial charge in [-0.1, -0.05) is 20.4 Å². The molecule has 30 heavy (non-hydrogen) atoms. The van der Waals surface area contributed by atoms with Gasteiger partial charge in [0.2, 0.25) is 0 Å². The Hall–Kier alpha value is -2.89. The Kier molecular flexibility index (Phi) is 6.44. The molecule has 2 aromatic heterocycles. The average molecular weight is 410 g/mol. The molecule has 1 fully saturated rings. The lowest BCUT2D eigenvalue weighted by atomic mass is 9.82. The van der Waals surface area contributed by atoms with E-state index in [9.17, 15) is 9.90 Å². The van der Waals surface area contributed by atoms with E-state index >= 15 is 0 Å². The van der Waals surface area contributed by atoms with Crippen LogP contribution in [0.4, 0.5) is 5.69 Å². The molecule has 2 aromatic rings. The van der Waals surface area contributed by atoms with Gasteiger partial charge in [-0.15, -0.1) is 0 Å². The quantitative estimate of drug-likeness (QED) is 0.670. The summed E-state index contributed by atoms with van der Waals surface area (Å²) in [5.41, 5.74) is 5.33. The number of pyridine rings is 2. The molecule has 0 spiro atoms. The first-order valence-corrected chi connectivity index (χ1v) is 10.3. The van der Waals surface area contributed by atoms with Crippen molar-refractivity contribution in [2.75, 3.05) is 24.6 Å². The zero-order valence-corrected chi connectivity index (χ0v) is 18.4. The number of rotatable bonds is 7. The molecule has 0 bridgehead atoms. The number of hydrogen-bond donors (Lipinski definition) is 1. The number of aliphatic carboxylic acids is 1. The zero-order chi connectivity index (χ0) is 21.9.